The summed E-state index contributed by atoms with van der Waals surface area (Å²) in [6.45, 7) is 2.04. The van der Waals surface area contributed by atoms with E-state index in [9.17, 15) is 4.79 Å². The van der Waals surface area contributed by atoms with Gasteiger partial charge in [0.15, 0.2) is 0 Å². The standard InChI is InChI=1S/C14H19NO3/c1-17-13-6-2-4-11(8-13)10-18-14(16)12-5-3-7-15-9-12/h2,4,6,8,12,15H,3,5,7,9-10H2,1H3/t12-/m1/s1. The van der Waals surface area contributed by atoms with Crippen LogP contribution in [0.2, 0.25) is 0 Å². The van der Waals surface area contributed by atoms with E-state index in [1.54, 1.807) is 7.11 Å². The lowest BCUT2D eigenvalue weighted by Gasteiger charge is -2.21. The molecule has 1 aliphatic rings. The van der Waals surface area contributed by atoms with Crippen LogP contribution in [-0.4, -0.2) is 26.2 Å². The molecule has 0 amide bonds. The SMILES string of the molecule is COc1cccc(COC(=O)[C@@H]2CCCNC2)c1. The van der Waals surface area contributed by atoms with Crippen molar-refractivity contribution in [3.63, 3.8) is 0 Å². The van der Waals surface area contributed by atoms with E-state index in [0.717, 1.165) is 37.2 Å². The Bertz CT molecular complexity index is 400. The minimum absolute atomic E-state index is 0.00403. The van der Waals surface area contributed by atoms with Crippen LogP contribution in [0.1, 0.15) is 18.4 Å². The third-order valence-corrected chi connectivity index (χ3v) is 3.15. The van der Waals surface area contributed by atoms with Gasteiger partial charge < -0.3 is 14.8 Å². The van der Waals surface area contributed by atoms with Crippen molar-refractivity contribution in [3.8, 4) is 5.75 Å². The summed E-state index contributed by atoms with van der Waals surface area (Å²) in [5.41, 5.74) is 0.950. The number of hydrogen-bond donors (Lipinski definition) is 1. The van der Waals surface area contributed by atoms with E-state index in [1.807, 2.05) is 24.3 Å². The van der Waals surface area contributed by atoms with Crippen LogP contribution >= 0.6 is 0 Å². The molecule has 1 aromatic rings. The van der Waals surface area contributed by atoms with Gasteiger partial charge in [-0.1, -0.05) is 12.1 Å². The number of rotatable bonds is 4. The predicted molar refractivity (Wildman–Crippen MR) is 68.4 cm³/mol. The predicted octanol–water partition coefficient (Wildman–Crippen LogP) is 1.74. The van der Waals surface area contributed by atoms with Gasteiger partial charge in [0.05, 0.1) is 13.0 Å². The number of methoxy groups -OCH3 is 1. The Morgan fingerprint density at radius 3 is 3.11 bits per heavy atom. The number of esters is 1. The second-order valence-corrected chi connectivity index (χ2v) is 4.50. The fourth-order valence-corrected chi connectivity index (χ4v) is 2.09. The summed E-state index contributed by atoms with van der Waals surface area (Å²) in [6, 6.07) is 7.57. The number of hydrogen-bond acceptors (Lipinski definition) is 4. The Kier molecular flexibility index (Phi) is 4.59. The first-order chi connectivity index (χ1) is 8.79. The van der Waals surface area contributed by atoms with E-state index in [-0.39, 0.29) is 11.9 Å². The van der Waals surface area contributed by atoms with Crippen LogP contribution in [0.25, 0.3) is 0 Å². The van der Waals surface area contributed by atoms with Crippen molar-refractivity contribution in [2.24, 2.45) is 5.92 Å². The molecule has 4 heteroatoms. The summed E-state index contributed by atoms with van der Waals surface area (Å²) in [4.78, 5) is 11.8. The third-order valence-electron chi connectivity index (χ3n) is 3.15. The summed E-state index contributed by atoms with van der Waals surface area (Å²) >= 11 is 0. The van der Waals surface area contributed by atoms with Crippen molar-refractivity contribution in [1.82, 2.24) is 5.32 Å². The Morgan fingerprint density at radius 2 is 2.39 bits per heavy atom. The van der Waals surface area contributed by atoms with Crippen molar-refractivity contribution < 1.29 is 14.3 Å². The average Bonchev–Trinajstić information content (AvgIpc) is 2.46. The molecule has 1 saturated heterocycles. The zero-order valence-corrected chi connectivity index (χ0v) is 10.6. The van der Waals surface area contributed by atoms with Crippen LogP contribution in [0.5, 0.6) is 5.75 Å². The number of carbonyl (C=O) groups excluding carboxylic acids is 1. The van der Waals surface area contributed by atoms with Crippen molar-refractivity contribution in [1.29, 1.82) is 0 Å². The monoisotopic (exact) mass is 249 g/mol. The van der Waals surface area contributed by atoms with Gasteiger partial charge in [0.1, 0.15) is 12.4 Å². The van der Waals surface area contributed by atoms with Crippen LogP contribution in [0.3, 0.4) is 0 Å². The van der Waals surface area contributed by atoms with Crippen LogP contribution in [0.15, 0.2) is 24.3 Å². The third kappa shape index (κ3) is 3.47. The maximum absolute atomic E-state index is 11.8. The molecule has 4 nitrogen and oxygen atoms in total. The molecule has 1 aliphatic heterocycles. The van der Waals surface area contributed by atoms with Crippen LogP contribution in [0, 0.1) is 5.92 Å². The molecule has 0 radical (unpaired) electrons. The molecule has 18 heavy (non-hydrogen) atoms. The van der Waals surface area contributed by atoms with Gasteiger partial charge in [-0.3, -0.25) is 4.79 Å². The maximum Gasteiger partial charge on any atom is 0.310 e. The second-order valence-electron chi connectivity index (χ2n) is 4.50. The second kappa shape index (κ2) is 6.40. The van der Waals surface area contributed by atoms with Crippen molar-refractivity contribution in [2.45, 2.75) is 19.4 Å². The van der Waals surface area contributed by atoms with E-state index < -0.39 is 0 Å². The molecule has 0 aromatic heterocycles. The van der Waals surface area contributed by atoms with Gasteiger partial charge in [0.2, 0.25) is 0 Å². The van der Waals surface area contributed by atoms with Crippen molar-refractivity contribution in [2.75, 3.05) is 20.2 Å². The van der Waals surface area contributed by atoms with Gasteiger partial charge in [-0.05, 0) is 37.1 Å². The van der Waals surface area contributed by atoms with Gasteiger partial charge in [-0.15, -0.1) is 0 Å². The highest BCUT2D eigenvalue weighted by atomic mass is 16.5. The van der Waals surface area contributed by atoms with E-state index in [4.69, 9.17) is 9.47 Å². The Labute approximate surface area is 107 Å². The first kappa shape index (κ1) is 12.9. The molecule has 0 aliphatic carbocycles. The Morgan fingerprint density at radius 1 is 1.50 bits per heavy atom. The molecule has 1 heterocycles. The van der Waals surface area contributed by atoms with Gasteiger partial charge in [0.25, 0.3) is 0 Å². The normalized spacial score (nSPS) is 19.3. The molecule has 0 bridgehead atoms. The Hall–Kier alpha value is -1.55. The minimum atomic E-state index is -0.106. The van der Waals surface area contributed by atoms with Gasteiger partial charge >= 0.3 is 5.97 Å². The summed E-state index contributed by atoms with van der Waals surface area (Å²) in [7, 11) is 1.62. The van der Waals surface area contributed by atoms with Crippen LogP contribution in [0.4, 0.5) is 0 Å². The zero-order chi connectivity index (χ0) is 12.8. The summed E-state index contributed by atoms with van der Waals surface area (Å²) in [5, 5.41) is 3.21. The van der Waals surface area contributed by atoms with E-state index >= 15 is 0 Å². The first-order valence-electron chi connectivity index (χ1n) is 6.30. The van der Waals surface area contributed by atoms with Gasteiger partial charge in [0, 0.05) is 6.54 Å². The first-order valence-corrected chi connectivity index (χ1v) is 6.30. The Balaban J connectivity index is 1.84. The molecular formula is C14H19NO3. The fourth-order valence-electron chi connectivity index (χ4n) is 2.09. The largest absolute Gasteiger partial charge is 0.497 e. The van der Waals surface area contributed by atoms with Gasteiger partial charge in [-0.2, -0.15) is 0 Å². The summed E-state index contributed by atoms with van der Waals surface area (Å²) < 4.78 is 10.5. The molecule has 1 atom stereocenters. The quantitative estimate of drug-likeness (QED) is 0.826. The number of carbonyl (C=O) groups is 1. The molecular weight excluding hydrogens is 230 g/mol. The highest BCUT2D eigenvalue weighted by Gasteiger charge is 2.22. The molecule has 0 saturated carbocycles. The lowest BCUT2D eigenvalue weighted by molar-refractivity contribution is -0.150. The lowest BCUT2D eigenvalue weighted by atomic mass is 10.0. The zero-order valence-electron chi connectivity index (χ0n) is 10.6. The number of piperidine rings is 1. The molecule has 1 aromatic carbocycles. The van der Waals surface area contributed by atoms with Crippen LogP contribution < -0.4 is 10.1 Å². The summed E-state index contributed by atoms with van der Waals surface area (Å²) in [6.07, 6.45) is 1.96. The van der Waals surface area contributed by atoms with E-state index in [0.29, 0.717) is 6.61 Å². The van der Waals surface area contributed by atoms with E-state index in [1.165, 1.54) is 0 Å². The number of benzene rings is 1. The molecule has 1 N–H and O–H groups in total. The van der Waals surface area contributed by atoms with Crippen molar-refractivity contribution >= 4 is 5.97 Å². The highest BCUT2D eigenvalue weighted by Crippen LogP contribution is 2.16. The van der Waals surface area contributed by atoms with E-state index in [2.05, 4.69) is 5.32 Å². The fraction of sp³-hybridized carbons (Fsp3) is 0.500. The van der Waals surface area contributed by atoms with Crippen molar-refractivity contribution in [3.05, 3.63) is 29.8 Å². The van der Waals surface area contributed by atoms with Crippen LogP contribution in [-0.2, 0) is 16.1 Å². The smallest absolute Gasteiger partial charge is 0.310 e. The lowest BCUT2D eigenvalue weighted by Crippen LogP contribution is -2.35. The minimum Gasteiger partial charge on any atom is -0.497 e. The molecule has 0 unspecified atom stereocenters. The molecule has 98 valence electrons. The number of ether oxygens (including phenoxy) is 2. The molecule has 2 rings (SSSR count). The maximum atomic E-state index is 11.8. The molecule has 0 spiro atoms. The average molecular weight is 249 g/mol. The summed E-state index contributed by atoms with van der Waals surface area (Å²) in [5.74, 6) is 0.678. The van der Waals surface area contributed by atoms with Gasteiger partial charge in [-0.25, -0.2) is 0 Å². The molecule has 1 fully saturated rings. The number of nitrogens with one attached hydrogen (secondary N) is 1. The topological polar surface area (TPSA) is 47.6 Å². The highest BCUT2D eigenvalue weighted by molar-refractivity contribution is 5.72.